The predicted molar refractivity (Wildman–Crippen MR) is 115 cm³/mol. The van der Waals surface area contributed by atoms with Crippen molar-refractivity contribution in [2.45, 2.75) is 26.2 Å². The van der Waals surface area contributed by atoms with Gasteiger partial charge in [-0.15, -0.1) is 0 Å². The van der Waals surface area contributed by atoms with Gasteiger partial charge in [-0.3, -0.25) is 9.59 Å². The minimum absolute atomic E-state index is 0.0668. The minimum atomic E-state index is -0.313. The molecule has 9 nitrogen and oxygen atoms in total. The van der Waals surface area contributed by atoms with Crippen molar-refractivity contribution < 1.29 is 19.1 Å². The van der Waals surface area contributed by atoms with Crippen molar-refractivity contribution in [1.82, 2.24) is 15.0 Å². The van der Waals surface area contributed by atoms with Crippen LogP contribution < -0.4 is 14.5 Å². The Hall–Kier alpha value is -2.94. The molecular weight excluding hydrogens is 422 g/mol. The van der Waals surface area contributed by atoms with Gasteiger partial charge in [0.2, 0.25) is 5.88 Å². The Kier molecular flexibility index (Phi) is 6.50. The second-order valence-electron chi connectivity index (χ2n) is 7.46. The Labute approximate surface area is 185 Å². The topological polar surface area (TPSA) is 97.8 Å². The normalized spacial score (nSPS) is 17.0. The van der Waals surface area contributed by atoms with E-state index in [1.807, 2.05) is 19.1 Å². The number of carbonyl (C=O) groups is 2. The number of aromatic nitrogens is 3. The third-order valence-corrected chi connectivity index (χ3v) is 5.81. The highest BCUT2D eigenvalue weighted by atomic mass is 35.5. The summed E-state index contributed by atoms with van der Waals surface area (Å²) in [5, 5.41) is 0.0668. The molecule has 0 radical (unpaired) electrons. The van der Waals surface area contributed by atoms with Gasteiger partial charge in [-0.2, -0.15) is 0 Å². The lowest BCUT2D eigenvalue weighted by Gasteiger charge is -2.32. The van der Waals surface area contributed by atoms with Crippen molar-refractivity contribution in [3.63, 3.8) is 0 Å². The third-order valence-electron chi connectivity index (χ3n) is 5.52. The van der Waals surface area contributed by atoms with E-state index in [1.54, 1.807) is 11.1 Å². The van der Waals surface area contributed by atoms with Gasteiger partial charge in [0, 0.05) is 19.5 Å². The molecule has 4 rings (SSSR count). The largest absolute Gasteiger partial charge is 0.475 e. The van der Waals surface area contributed by atoms with Crippen molar-refractivity contribution in [2.24, 2.45) is 5.92 Å². The number of ether oxygens (including phenoxy) is 2. The molecule has 0 bridgehead atoms. The van der Waals surface area contributed by atoms with Crippen LogP contribution in [0.2, 0.25) is 5.15 Å². The number of nitrogens with zero attached hydrogens (tertiary/aromatic N) is 5. The molecule has 31 heavy (non-hydrogen) atoms. The van der Waals surface area contributed by atoms with Crippen LogP contribution in [-0.2, 0) is 9.53 Å². The molecule has 2 aliphatic heterocycles. The SMILES string of the molecule is CCOC(=O)CC1CCN(c2ccc(N3CCOc4ncnc(Cl)c4C3=O)cn2)CC1. The van der Waals surface area contributed by atoms with Gasteiger partial charge >= 0.3 is 5.97 Å². The van der Waals surface area contributed by atoms with Crippen LogP contribution in [0.3, 0.4) is 0 Å². The van der Waals surface area contributed by atoms with Gasteiger partial charge in [-0.25, -0.2) is 15.0 Å². The molecule has 0 unspecified atom stereocenters. The Morgan fingerprint density at radius 1 is 1.23 bits per heavy atom. The summed E-state index contributed by atoms with van der Waals surface area (Å²) in [5.41, 5.74) is 0.816. The quantitative estimate of drug-likeness (QED) is 0.511. The van der Waals surface area contributed by atoms with Crippen LogP contribution in [0, 0.1) is 5.92 Å². The summed E-state index contributed by atoms with van der Waals surface area (Å²) in [4.78, 5) is 41.0. The molecule has 2 aromatic heterocycles. The average Bonchev–Trinajstić information content (AvgIpc) is 2.94. The molecule has 1 amide bonds. The number of piperidine rings is 1. The first-order chi connectivity index (χ1) is 15.1. The van der Waals surface area contributed by atoms with Crippen LogP contribution in [0.15, 0.2) is 24.7 Å². The Bertz CT molecular complexity index is 947. The Balaban J connectivity index is 1.41. The van der Waals surface area contributed by atoms with E-state index in [0.29, 0.717) is 37.8 Å². The van der Waals surface area contributed by atoms with Crippen LogP contribution in [0.5, 0.6) is 5.88 Å². The maximum absolute atomic E-state index is 13.0. The fourth-order valence-corrected chi connectivity index (χ4v) is 4.11. The van der Waals surface area contributed by atoms with Crippen molar-refractivity contribution in [3.05, 3.63) is 35.4 Å². The van der Waals surface area contributed by atoms with Crippen molar-refractivity contribution in [2.75, 3.05) is 42.6 Å². The highest BCUT2D eigenvalue weighted by molar-refractivity contribution is 6.33. The second kappa shape index (κ2) is 9.47. The zero-order valence-corrected chi connectivity index (χ0v) is 18.0. The maximum atomic E-state index is 13.0. The molecule has 2 aliphatic rings. The number of amides is 1. The Morgan fingerprint density at radius 2 is 2.03 bits per heavy atom. The number of carbonyl (C=O) groups excluding carboxylic acids is 2. The van der Waals surface area contributed by atoms with E-state index in [9.17, 15) is 9.59 Å². The summed E-state index contributed by atoms with van der Waals surface area (Å²) in [6, 6.07) is 3.78. The number of fused-ring (bicyclic) bond motifs is 1. The van der Waals surface area contributed by atoms with Gasteiger partial charge in [-0.1, -0.05) is 11.6 Å². The smallest absolute Gasteiger partial charge is 0.306 e. The summed E-state index contributed by atoms with van der Waals surface area (Å²) >= 11 is 6.12. The first-order valence-corrected chi connectivity index (χ1v) is 10.8. The van der Waals surface area contributed by atoms with E-state index >= 15 is 0 Å². The first kappa shape index (κ1) is 21.3. The fraction of sp³-hybridized carbons (Fsp3) is 0.476. The van der Waals surface area contributed by atoms with E-state index in [4.69, 9.17) is 21.1 Å². The first-order valence-electron chi connectivity index (χ1n) is 10.4. The molecule has 0 spiro atoms. The van der Waals surface area contributed by atoms with Crippen molar-refractivity contribution in [1.29, 1.82) is 0 Å². The molecule has 0 N–H and O–H groups in total. The molecule has 0 aliphatic carbocycles. The number of rotatable bonds is 5. The lowest BCUT2D eigenvalue weighted by Crippen LogP contribution is -2.35. The van der Waals surface area contributed by atoms with E-state index in [1.165, 1.54) is 6.33 Å². The van der Waals surface area contributed by atoms with Gasteiger partial charge in [0.15, 0.2) is 0 Å². The van der Waals surface area contributed by atoms with Gasteiger partial charge in [0.25, 0.3) is 5.91 Å². The van der Waals surface area contributed by atoms with Gasteiger partial charge in [0.1, 0.15) is 29.5 Å². The lowest BCUT2D eigenvalue weighted by molar-refractivity contribution is -0.144. The van der Waals surface area contributed by atoms with Crippen LogP contribution in [0.4, 0.5) is 11.5 Å². The molecule has 1 saturated heterocycles. The number of anilines is 2. The highest BCUT2D eigenvalue weighted by Gasteiger charge is 2.29. The maximum Gasteiger partial charge on any atom is 0.306 e. The third kappa shape index (κ3) is 4.71. The zero-order valence-electron chi connectivity index (χ0n) is 17.3. The predicted octanol–water partition coefficient (Wildman–Crippen LogP) is 2.73. The van der Waals surface area contributed by atoms with E-state index in [0.717, 1.165) is 31.7 Å². The Morgan fingerprint density at radius 3 is 2.74 bits per heavy atom. The lowest BCUT2D eigenvalue weighted by atomic mass is 9.93. The number of hydrogen-bond donors (Lipinski definition) is 0. The standard InChI is InChI=1S/C21H24ClN5O4/c1-2-30-17(28)11-14-5-7-26(8-6-14)16-4-3-15(12-23-16)27-9-10-31-20-18(21(27)29)19(22)24-13-25-20/h3-4,12-14H,2,5-11H2,1H3. The molecule has 1 fully saturated rings. The molecule has 2 aromatic rings. The highest BCUT2D eigenvalue weighted by Crippen LogP contribution is 2.30. The molecule has 10 heteroatoms. The van der Waals surface area contributed by atoms with Crippen molar-refractivity contribution >= 4 is 35.0 Å². The molecular formula is C21H24ClN5O4. The van der Waals surface area contributed by atoms with E-state index in [-0.39, 0.29) is 28.5 Å². The summed E-state index contributed by atoms with van der Waals surface area (Å²) < 4.78 is 10.6. The molecule has 164 valence electrons. The van der Waals surface area contributed by atoms with Crippen LogP contribution in [0.25, 0.3) is 0 Å². The monoisotopic (exact) mass is 445 g/mol. The zero-order chi connectivity index (χ0) is 21.8. The van der Waals surface area contributed by atoms with E-state index in [2.05, 4.69) is 19.9 Å². The average molecular weight is 446 g/mol. The summed E-state index contributed by atoms with van der Waals surface area (Å²) in [5.74, 6) is 0.951. The summed E-state index contributed by atoms with van der Waals surface area (Å²) in [6.45, 7) is 4.54. The molecule has 0 aromatic carbocycles. The number of esters is 1. The van der Waals surface area contributed by atoms with Gasteiger partial charge in [-0.05, 0) is 37.8 Å². The summed E-state index contributed by atoms with van der Waals surface area (Å²) in [7, 11) is 0. The second-order valence-corrected chi connectivity index (χ2v) is 7.82. The fourth-order valence-electron chi connectivity index (χ4n) is 3.90. The summed E-state index contributed by atoms with van der Waals surface area (Å²) in [6.07, 6.45) is 5.26. The van der Waals surface area contributed by atoms with Crippen LogP contribution >= 0.6 is 11.6 Å². The number of hydrogen-bond acceptors (Lipinski definition) is 8. The van der Waals surface area contributed by atoms with E-state index < -0.39 is 0 Å². The van der Waals surface area contributed by atoms with Gasteiger partial charge < -0.3 is 19.3 Å². The van der Waals surface area contributed by atoms with Crippen molar-refractivity contribution in [3.8, 4) is 5.88 Å². The molecule has 4 heterocycles. The van der Waals surface area contributed by atoms with Crippen LogP contribution in [0.1, 0.15) is 36.5 Å². The number of halogens is 1. The molecule has 0 saturated carbocycles. The van der Waals surface area contributed by atoms with Gasteiger partial charge in [0.05, 0.1) is 25.0 Å². The molecule has 0 atom stereocenters. The van der Waals surface area contributed by atoms with Crippen LogP contribution in [-0.4, -0.2) is 59.7 Å². The number of pyridine rings is 1. The minimum Gasteiger partial charge on any atom is -0.475 e.